The third-order valence-electron chi connectivity index (χ3n) is 2.74. The third kappa shape index (κ3) is 3.16. The summed E-state index contributed by atoms with van der Waals surface area (Å²) in [5, 5.41) is 10.6. The number of nitrogens with zero attached hydrogens (tertiary/aromatic N) is 3. The minimum atomic E-state index is -1.75. The van der Waals surface area contributed by atoms with Crippen LogP contribution >= 0.6 is 34.8 Å². The summed E-state index contributed by atoms with van der Waals surface area (Å²) in [5.74, 6) is -0.472. The van der Waals surface area contributed by atoms with Crippen LogP contribution in [-0.4, -0.2) is 24.7 Å². The van der Waals surface area contributed by atoms with Crippen LogP contribution in [0.5, 0.6) is 0 Å². The first-order valence-electron chi connectivity index (χ1n) is 5.97. The van der Waals surface area contributed by atoms with Gasteiger partial charge in [0.05, 0.1) is 5.52 Å². The Labute approximate surface area is 131 Å². The molecule has 0 fully saturated rings. The molecule has 0 aliphatic rings. The summed E-state index contributed by atoms with van der Waals surface area (Å²) in [6.45, 7) is 3.51. The lowest BCUT2D eigenvalue weighted by atomic mass is 10.2. The third-order valence-corrected chi connectivity index (χ3v) is 3.36. The number of hydrogen-bond acceptors (Lipinski definition) is 3. The highest BCUT2D eigenvalue weighted by atomic mass is 35.6. The average Bonchev–Trinajstić information content (AvgIpc) is 2.77. The van der Waals surface area contributed by atoms with Crippen LogP contribution in [0.15, 0.2) is 24.3 Å². The van der Waals surface area contributed by atoms with Gasteiger partial charge in [-0.3, -0.25) is 4.79 Å². The SMILES string of the molecule is CC(C)C(=O)N[C@H](n1nnc2ccccc21)C(Cl)(Cl)Cl. The van der Waals surface area contributed by atoms with E-state index < -0.39 is 9.96 Å². The van der Waals surface area contributed by atoms with Crippen molar-refractivity contribution in [1.82, 2.24) is 20.3 Å². The summed E-state index contributed by atoms with van der Waals surface area (Å²) >= 11 is 17.9. The number of fused-ring (bicyclic) bond motifs is 1. The molecule has 1 amide bonds. The molecule has 2 aromatic rings. The predicted molar refractivity (Wildman–Crippen MR) is 79.8 cm³/mol. The van der Waals surface area contributed by atoms with Gasteiger partial charge in [0.2, 0.25) is 9.70 Å². The molecule has 1 atom stereocenters. The maximum atomic E-state index is 11.9. The Morgan fingerprint density at radius 1 is 1.30 bits per heavy atom. The van der Waals surface area contributed by atoms with Crippen molar-refractivity contribution in [2.24, 2.45) is 5.92 Å². The minimum absolute atomic E-state index is 0.235. The van der Waals surface area contributed by atoms with Crippen molar-refractivity contribution in [2.45, 2.75) is 23.8 Å². The molecule has 0 spiro atoms. The lowest BCUT2D eigenvalue weighted by molar-refractivity contribution is -0.125. The molecule has 2 rings (SSSR count). The number of halogens is 3. The van der Waals surface area contributed by atoms with Gasteiger partial charge < -0.3 is 5.32 Å². The molecular formula is C12H13Cl3N4O. The van der Waals surface area contributed by atoms with E-state index in [-0.39, 0.29) is 11.8 Å². The number of carbonyl (C=O) groups excluding carboxylic acids is 1. The van der Waals surface area contributed by atoms with E-state index in [4.69, 9.17) is 34.8 Å². The zero-order chi connectivity index (χ0) is 14.9. The van der Waals surface area contributed by atoms with Crippen LogP contribution in [-0.2, 0) is 4.79 Å². The molecule has 8 heteroatoms. The van der Waals surface area contributed by atoms with Gasteiger partial charge in [0.25, 0.3) is 0 Å². The molecular weight excluding hydrogens is 323 g/mol. The predicted octanol–water partition coefficient (Wildman–Crippen LogP) is 3.07. The van der Waals surface area contributed by atoms with E-state index in [2.05, 4.69) is 15.6 Å². The normalized spacial score (nSPS) is 13.7. The second kappa shape index (κ2) is 5.76. The molecule has 0 aliphatic heterocycles. The number of aromatic nitrogens is 3. The highest BCUT2D eigenvalue weighted by molar-refractivity contribution is 6.67. The number of para-hydroxylation sites is 1. The number of nitrogens with one attached hydrogen (secondary N) is 1. The number of benzene rings is 1. The topological polar surface area (TPSA) is 59.8 Å². The van der Waals surface area contributed by atoms with Gasteiger partial charge in [0.15, 0.2) is 6.17 Å². The molecule has 0 bridgehead atoms. The molecule has 0 aliphatic carbocycles. The number of amides is 1. The molecule has 5 nitrogen and oxygen atoms in total. The molecule has 20 heavy (non-hydrogen) atoms. The van der Waals surface area contributed by atoms with Crippen molar-refractivity contribution in [1.29, 1.82) is 0 Å². The molecule has 0 radical (unpaired) electrons. The summed E-state index contributed by atoms with van der Waals surface area (Å²) in [6.07, 6.45) is -0.935. The van der Waals surface area contributed by atoms with E-state index in [0.29, 0.717) is 11.0 Å². The maximum absolute atomic E-state index is 11.9. The van der Waals surface area contributed by atoms with Gasteiger partial charge in [0.1, 0.15) is 5.52 Å². The largest absolute Gasteiger partial charge is 0.330 e. The first-order valence-corrected chi connectivity index (χ1v) is 7.11. The smallest absolute Gasteiger partial charge is 0.230 e. The summed E-state index contributed by atoms with van der Waals surface area (Å²) < 4.78 is -0.344. The zero-order valence-electron chi connectivity index (χ0n) is 10.8. The van der Waals surface area contributed by atoms with Gasteiger partial charge in [-0.05, 0) is 12.1 Å². The summed E-state index contributed by atoms with van der Waals surface area (Å²) in [6, 6.07) is 7.24. The molecule has 1 aromatic carbocycles. The molecule has 1 aromatic heterocycles. The van der Waals surface area contributed by atoms with Crippen LogP contribution in [0, 0.1) is 5.92 Å². The van der Waals surface area contributed by atoms with Gasteiger partial charge in [-0.1, -0.05) is 66.0 Å². The highest BCUT2D eigenvalue weighted by Crippen LogP contribution is 2.37. The Bertz CT molecular complexity index is 620. The second-order valence-electron chi connectivity index (χ2n) is 4.63. The summed E-state index contributed by atoms with van der Waals surface area (Å²) in [5.41, 5.74) is 1.33. The van der Waals surface area contributed by atoms with Crippen molar-refractivity contribution < 1.29 is 4.79 Å². The standard InChI is InChI=1S/C12H13Cl3N4O/c1-7(2)10(20)16-11(12(13,14)15)19-9-6-4-3-5-8(9)17-18-19/h3-7,11H,1-2H3,(H,16,20)/t11-/m1/s1. The molecule has 0 saturated heterocycles. The Balaban J connectivity index is 2.44. The van der Waals surface area contributed by atoms with Gasteiger partial charge >= 0.3 is 0 Å². The summed E-state index contributed by atoms with van der Waals surface area (Å²) in [4.78, 5) is 11.9. The lowest BCUT2D eigenvalue weighted by Gasteiger charge is -2.26. The van der Waals surface area contributed by atoms with Crippen LogP contribution in [0.1, 0.15) is 20.0 Å². The van der Waals surface area contributed by atoms with E-state index in [1.165, 1.54) is 4.68 Å². The maximum Gasteiger partial charge on any atom is 0.230 e. The monoisotopic (exact) mass is 334 g/mol. The first kappa shape index (κ1) is 15.4. The van der Waals surface area contributed by atoms with Crippen molar-refractivity contribution in [3.8, 4) is 0 Å². The minimum Gasteiger partial charge on any atom is -0.330 e. The molecule has 0 unspecified atom stereocenters. The fourth-order valence-corrected chi connectivity index (χ4v) is 2.10. The lowest BCUT2D eigenvalue weighted by Crippen LogP contribution is -2.42. The van der Waals surface area contributed by atoms with Crippen LogP contribution in [0.2, 0.25) is 0 Å². The molecule has 1 heterocycles. The van der Waals surface area contributed by atoms with Crippen LogP contribution in [0.3, 0.4) is 0 Å². The van der Waals surface area contributed by atoms with Crippen LogP contribution in [0.25, 0.3) is 11.0 Å². The number of rotatable bonds is 3. The Kier molecular flexibility index (Phi) is 4.42. The van der Waals surface area contributed by atoms with Gasteiger partial charge in [0, 0.05) is 5.92 Å². The van der Waals surface area contributed by atoms with Crippen molar-refractivity contribution in [3.05, 3.63) is 24.3 Å². The molecule has 108 valence electrons. The number of alkyl halides is 3. The Hall–Kier alpha value is -1.04. The van der Waals surface area contributed by atoms with Gasteiger partial charge in [-0.25, -0.2) is 4.68 Å². The van der Waals surface area contributed by atoms with E-state index in [0.717, 1.165) is 0 Å². The van der Waals surface area contributed by atoms with Crippen LogP contribution < -0.4 is 5.32 Å². The van der Waals surface area contributed by atoms with E-state index in [1.54, 1.807) is 26.0 Å². The van der Waals surface area contributed by atoms with E-state index in [1.807, 2.05) is 12.1 Å². The van der Waals surface area contributed by atoms with Crippen molar-refractivity contribution >= 4 is 51.7 Å². The Morgan fingerprint density at radius 2 is 1.95 bits per heavy atom. The zero-order valence-corrected chi connectivity index (χ0v) is 13.1. The van der Waals surface area contributed by atoms with Crippen LogP contribution in [0.4, 0.5) is 0 Å². The quantitative estimate of drug-likeness (QED) is 0.877. The van der Waals surface area contributed by atoms with Crippen molar-refractivity contribution in [3.63, 3.8) is 0 Å². The molecule has 1 N–H and O–H groups in total. The average molecular weight is 336 g/mol. The van der Waals surface area contributed by atoms with E-state index >= 15 is 0 Å². The Morgan fingerprint density at radius 3 is 2.55 bits per heavy atom. The van der Waals surface area contributed by atoms with Crippen molar-refractivity contribution in [2.75, 3.05) is 0 Å². The molecule has 0 saturated carbocycles. The fourth-order valence-electron chi connectivity index (χ4n) is 1.66. The van der Waals surface area contributed by atoms with E-state index in [9.17, 15) is 4.79 Å². The number of hydrogen-bond donors (Lipinski definition) is 1. The van der Waals surface area contributed by atoms with Gasteiger partial charge in [-0.2, -0.15) is 0 Å². The highest BCUT2D eigenvalue weighted by Gasteiger charge is 2.37. The first-order chi connectivity index (χ1) is 9.30. The fraction of sp³-hybridized carbons (Fsp3) is 0.417. The number of carbonyl (C=O) groups is 1. The summed E-state index contributed by atoms with van der Waals surface area (Å²) in [7, 11) is 0. The van der Waals surface area contributed by atoms with Gasteiger partial charge in [-0.15, -0.1) is 5.10 Å². The second-order valence-corrected chi connectivity index (χ2v) is 7.00.